The van der Waals surface area contributed by atoms with E-state index in [1.165, 1.54) is 36.7 Å². The van der Waals surface area contributed by atoms with Crippen molar-refractivity contribution < 1.29 is 4.39 Å². The Labute approximate surface area is 104 Å². The van der Waals surface area contributed by atoms with Crippen molar-refractivity contribution in [2.75, 3.05) is 5.32 Å². The van der Waals surface area contributed by atoms with E-state index in [1.54, 1.807) is 12.1 Å². The van der Waals surface area contributed by atoms with E-state index in [-0.39, 0.29) is 5.82 Å². The normalized spacial score (nSPS) is 24.4. The minimum absolute atomic E-state index is 0.192. The zero-order valence-electron chi connectivity index (χ0n) is 9.74. The molecule has 17 heavy (non-hydrogen) atoms. The van der Waals surface area contributed by atoms with E-state index in [2.05, 4.69) is 17.2 Å². The maximum absolute atomic E-state index is 13.1. The Morgan fingerprint density at radius 1 is 1.41 bits per heavy atom. The van der Waals surface area contributed by atoms with Crippen molar-refractivity contribution in [1.29, 1.82) is 0 Å². The predicted molar refractivity (Wildman–Crippen MR) is 70.0 cm³/mol. The van der Waals surface area contributed by atoms with Gasteiger partial charge in [0.1, 0.15) is 5.82 Å². The lowest BCUT2D eigenvalue weighted by Gasteiger charge is -2.10. The van der Waals surface area contributed by atoms with Crippen LogP contribution in [0.15, 0.2) is 18.2 Å². The minimum Gasteiger partial charge on any atom is -0.359 e. The second-order valence-corrected chi connectivity index (χ2v) is 5.92. The Bertz CT molecular complexity index is 537. The first-order chi connectivity index (χ1) is 8.20. The Morgan fingerprint density at radius 3 is 3.06 bits per heavy atom. The monoisotopic (exact) mass is 250 g/mol. The average Bonchev–Trinajstić information content (AvgIpc) is 2.84. The Morgan fingerprint density at radius 2 is 2.29 bits per heavy atom. The van der Waals surface area contributed by atoms with Crippen LogP contribution in [0.25, 0.3) is 10.2 Å². The second-order valence-electron chi connectivity index (χ2n) is 4.89. The predicted octanol–water partition coefficient (Wildman–Crippen LogP) is 4.04. The van der Waals surface area contributed by atoms with Gasteiger partial charge < -0.3 is 5.32 Å². The minimum atomic E-state index is -0.192. The molecule has 1 heterocycles. The topological polar surface area (TPSA) is 24.9 Å². The molecule has 2 atom stereocenters. The first kappa shape index (κ1) is 11.0. The molecule has 1 fully saturated rings. The molecular formula is C13H15FN2S. The largest absolute Gasteiger partial charge is 0.359 e. The van der Waals surface area contributed by atoms with Gasteiger partial charge in [-0.1, -0.05) is 18.3 Å². The third-order valence-electron chi connectivity index (χ3n) is 3.37. The van der Waals surface area contributed by atoms with E-state index < -0.39 is 0 Å². The highest BCUT2D eigenvalue weighted by Gasteiger charge is 2.21. The highest BCUT2D eigenvalue weighted by Crippen LogP contribution is 2.31. The quantitative estimate of drug-likeness (QED) is 0.870. The Balaban J connectivity index is 1.81. The number of hydrogen-bond acceptors (Lipinski definition) is 3. The van der Waals surface area contributed by atoms with Gasteiger partial charge in [-0.05, 0) is 43.4 Å². The molecule has 90 valence electrons. The molecule has 2 aromatic rings. The lowest BCUT2D eigenvalue weighted by Crippen LogP contribution is -2.14. The summed E-state index contributed by atoms with van der Waals surface area (Å²) in [4.78, 5) is 4.48. The van der Waals surface area contributed by atoms with E-state index in [1.807, 2.05) is 0 Å². The molecule has 2 nitrogen and oxygen atoms in total. The van der Waals surface area contributed by atoms with Gasteiger partial charge in [0.05, 0.1) is 10.2 Å². The first-order valence-corrected chi connectivity index (χ1v) is 6.85. The Hall–Kier alpha value is -1.16. The zero-order valence-corrected chi connectivity index (χ0v) is 10.6. The highest BCUT2D eigenvalue weighted by atomic mass is 32.1. The van der Waals surface area contributed by atoms with E-state index in [9.17, 15) is 4.39 Å². The fourth-order valence-corrected chi connectivity index (χ4v) is 3.44. The van der Waals surface area contributed by atoms with Crippen LogP contribution in [0.1, 0.15) is 26.2 Å². The number of fused-ring (bicyclic) bond motifs is 1. The molecule has 1 saturated carbocycles. The maximum Gasteiger partial charge on any atom is 0.184 e. The van der Waals surface area contributed by atoms with E-state index in [4.69, 9.17) is 0 Å². The van der Waals surface area contributed by atoms with Crippen LogP contribution in [-0.4, -0.2) is 11.0 Å². The fraction of sp³-hybridized carbons (Fsp3) is 0.462. The summed E-state index contributed by atoms with van der Waals surface area (Å²) in [6.07, 6.45) is 3.72. The molecule has 0 bridgehead atoms. The van der Waals surface area contributed by atoms with Gasteiger partial charge in [-0.15, -0.1) is 0 Å². The van der Waals surface area contributed by atoms with Crippen LogP contribution in [0, 0.1) is 11.7 Å². The summed E-state index contributed by atoms with van der Waals surface area (Å²) in [5.41, 5.74) is 0.880. The molecular weight excluding hydrogens is 235 g/mol. The zero-order chi connectivity index (χ0) is 11.8. The lowest BCUT2D eigenvalue weighted by molar-refractivity contribution is 0.602. The average molecular weight is 250 g/mol. The molecule has 3 rings (SSSR count). The lowest BCUT2D eigenvalue weighted by atomic mass is 10.1. The van der Waals surface area contributed by atoms with Gasteiger partial charge in [-0.2, -0.15) is 0 Å². The van der Waals surface area contributed by atoms with Crippen molar-refractivity contribution in [1.82, 2.24) is 4.98 Å². The number of halogens is 1. The number of rotatable bonds is 2. The fourth-order valence-electron chi connectivity index (χ4n) is 2.47. The highest BCUT2D eigenvalue weighted by molar-refractivity contribution is 7.22. The molecule has 1 aliphatic carbocycles. The first-order valence-electron chi connectivity index (χ1n) is 6.03. The van der Waals surface area contributed by atoms with Gasteiger partial charge in [0, 0.05) is 6.04 Å². The van der Waals surface area contributed by atoms with Gasteiger partial charge in [-0.25, -0.2) is 9.37 Å². The summed E-state index contributed by atoms with van der Waals surface area (Å²) in [6.45, 7) is 2.29. The van der Waals surface area contributed by atoms with E-state index in [0.717, 1.165) is 21.3 Å². The summed E-state index contributed by atoms with van der Waals surface area (Å²) in [5, 5.41) is 4.39. The SMILES string of the molecule is CC1CCC(Nc2nc3ccc(F)cc3s2)C1. The van der Waals surface area contributed by atoms with Gasteiger partial charge in [0.15, 0.2) is 5.13 Å². The van der Waals surface area contributed by atoms with Crippen LogP contribution in [0.5, 0.6) is 0 Å². The van der Waals surface area contributed by atoms with Crippen molar-refractivity contribution in [3.05, 3.63) is 24.0 Å². The standard InChI is InChI=1S/C13H15FN2S/c1-8-2-4-10(6-8)15-13-16-11-5-3-9(14)7-12(11)17-13/h3,5,7-8,10H,2,4,6H2,1H3,(H,15,16). The number of hydrogen-bond donors (Lipinski definition) is 1. The molecule has 4 heteroatoms. The summed E-state index contributed by atoms with van der Waals surface area (Å²) in [7, 11) is 0. The molecule has 0 spiro atoms. The third-order valence-corrected chi connectivity index (χ3v) is 4.32. The summed E-state index contributed by atoms with van der Waals surface area (Å²) in [5.74, 6) is 0.613. The van der Waals surface area contributed by atoms with Crippen LogP contribution in [0.3, 0.4) is 0 Å². The molecule has 1 aromatic heterocycles. The van der Waals surface area contributed by atoms with Crippen LogP contribution in [0.2, 0.25) is 0 Å². The summed E-state index contributed by atoms with van der Waals surface area (Å²) in [6, 6.07) is 5.29. The summed E-state index contributed by atoms with van der Waals surface area (Å²) < 4.78 is 14.0. The summed E-state index contributed by atoms with van der Waals surface area (Å²) >= 11 is 1.54. The van der Waals surface area contributed by atoms with Crippen LogP contribution < -0.4 is 5.32 Å². The molecule has 0 saturated heterocycles. The van der Waals surface area contributed by atoms with E-state index in [0.29, 0.717) is 6.04 Å². The van der Waals surface area contributed by atoms with Crippen molar-refractivity contribution in [3.8, 4) is 0 Å². The van der Waals surface area contributed by atoms with Gasteiger partial charge in [0.25, 0.3) is 0 Å². The number of nitrogens with zero attached hydrogens (tertiary/aromatic N) is 1. The molecule has 1 aliphatic rings. The van der Waals surface area contributed by atoms with Gasteiger partial charge in [-0.3, -0.25) is 0 Å². The van der Waals surface area contributed by atoms with Crippen LogP contribution >= 0.6 is 11.3 Å². The number of benzene rings is 1. The number of thiazole rings is 1. The van der Waals surface area contributed by atoms with E-state index >= 15 is 0 Å². The molecule has 2 unspecified atom stereocenters. The van der Waals surface area contributed by atoms with Crippen molar-refractivity contribution in [2.24, 2.45) is 5.92 Å². The molecule has 0 amide bonds. The molecule has 0 radical (unpaired) electrons. The van der Waals surface area contributed by atoms with Crippen molar-refractivity contribution in [3.63, 3.8) is 0 Å². The number of anilines is 1. The van der Waals surface area contributed by atoms with Crippen LogP contribution in [-0.2, 0) is 0 Å². The number of nitrogens with one attached hydrogen (secondary N) is 1. The van der Waals surface area contributed by atoms with Crippen molar-refractivity contribution >= 4 is 26.7 Å². The number of aromatic nitrogens is 1. The Kier molecular flexibility index (Phi) is 2.74. The molecule has 1 N–H and O–H groups in total. The van der Waals surface area contributed by atoms with Crippen LogP contribution in [0.4, 0.5) is 9.52 Å². The third kappa shape index (κ3) is 2.27. The molecule has 0 aliphatic heterocycles. The van der Waals surface area contributed by atoms with Gasteiger partial charge >= 0.3 is 0 Å². The van der Waals surface area contributed by atoms with Gasteiger partial charge in [0.2, 0.25) is 0 Å². The maximum atomic E-state index is 13.1. The van der Waals surface area contributed by atoms with Crippen molar-refractivity contribution in [2.45, 2.75) is 32.2 Å². The smallest absolute Gasteiger partial charge is 0.184 e. The second kappa shape index (κ2) is 4.26. The molecule has 1 aromatic carbocycles.